The summed E-state index contributed by atoms with van der Waals surface area (Å²) in [6.07, 6.45) is 5.12. The Morgan fingerprint density at radius 2 is 1.72 bits per heavy atom. The highest BCUT2D eigenvalue weighted by atomic mass is 16.5. The largest absolute Gasteiger partial charge is 0.469 e. The van der Waals surface area contributed by atoms with Crippen LogP contribution in [0.3, 0.4) is 0 Å². The molecule has 8 bridgehead atoms. The molecule has 240 valence electrons. The van der Waals surface area contributed by atoms with Crippen molar-refractivity contribution >= 4 is 51.6 Å². The zero-order chi connectivity index (χ0) is 33.3. The average Bonchev–Trinajstić information content (AvgIpc) is 3.74. The Labute approximate surface area is 267 Å². The first kappa shape index (κ1) is 32.4. The van der Waals surface area contributed by atoms with Crippen LogP contribution in [-0.2, 0) is 36.8 Å². The van der Waals surface area contributed by atoms with Gasteiger partial charge in [-0.1, -0.05) is 26.5 Å². The second kappa shape index (κ2) is 13.2. The monoisotopic (exact) mass is 624 g/mol. The Morgan fingerprint density at radius 3 is 2.37 bits per heavy atom. The summed E-state index contributed by atoms with van der Waals surface area (Å²) < 4.78 is 15.8. The molecule has 2 atom stereocenters. The lowest BCUT2D eigenvalue weighted by atomic mass is 9.85. The number of fused-ring (bicyclic) bond motifs is 8. The van der Waals surface area contributed by atoms with Gasteiger partial charge < -0.3 is 24.2 Å². The predicted octanol–water partition coefficient (Wildman–Crippen LogP) is 6.91. The van der Waals surface area contributed by atoms with Crippen LogP contribution in [0, 0.1) is 13.8 Å². The van der Waals surface area contributed by atoms with E-state index in [1.807, 2.05) is 38.1 Å². The summed E-state index contributed by atoms with van der Waals surface area (Å²) in [5.41, 5.74) is 10.5. The first-order valence-electron chi connectivity index (χ1n) is 15.4. The standard InChI is InChI=1S/C36H40N4O6/c1-9-22-13-23-14-27-19(4)25(11-12-32(42)44-7)34(39-27)26(17-46-21(6)41)35-33(36(43)45-8)20(5)29(40-35)16-31-24(10-2)18(3)28(38-31)15-30(22)37-23/h9,13-16,19,25,38,40H,1,10-12,17H2,2-8H3/t19-,25-/m0/s1. The molecule has 5 rings (SSSR count). The van der Waals surface area contributed by atoms with E-state index in [0.717, 1.165) is 45.5 Å². The number of aromatic amines is 2. The highest BCUT2D eigenvalue weighted by Crippen LogP contribution is 2.42. The van der Waals surface area contributed by atoms with Gasteiger partial charge in [0.15, 0.2) is 0 Å². The number of carbonyl (C=O) groups excluding carboxylic acids is 3. The van der Waals surface area contributed by atoms with Gasteiger partial charge in [-0.3, -0.25) is 14.6 Å². The van der Waals surface area contributed by atoms with E-state index in [2.05, 4.69) is 30.4 Å². The van der Waals surface area contributed by atoms with Crippen LogP contribution in [0.25, 0.3) is 33.7 Å². The van der Waals surface area contributed by atoms with Crippen LogP contribution in [-0.4, -0.2) is 52.1 Å². The normalized spacial score (nSPS) is 15.7. The van der Waals surface area contributed by atoms with Gasteiger partial charge in [-0.2, -0.15) is 0 Å². The first-order valence-corrected chi connectivity index (χ1v) is 15.4. The first-order chi connectivity index (χ1) is 22.0. The molecule has 2 aliphatic heterocycles. The molecule has 0 aliphatic carbocycles. The molecule has 0 radical (unpaired) electrons. The molecule has 0 saturated carbocycles. The van der Waals surface area contributed by atoms with Gasteiger partial charge in [0.2, 0.25) is 0 Å². The minimum Gasteiger partial charge on any atom is -0.469 e. The summed E-state index contributed by atoms with van der Waals surface area (Å²) in [7, 11) is 2.70. The molecule has 10 heteroatoms. The maximum Gasteiger partial charge on any atom is 0.340 e. The topological polar surface area (TPSA) is 136 Å². The molecule has 5 heterocycles. The smallest absolute Gasteiger partial charge is 0.340 e. The van der Waals surface area contributed by atoms with E-state index in [9.17, 15) is 14.4 Å². The van der Waals surface area contributed by atoms with Gasteiger partial charge >= 0.3 is 17.9 Å². The summed E-state index contributed by atoms with van der Waals surface area (Å²) in [5, 5.41) is 0. The van der Waals surface area contributed by atoms with Crippen molar-refractivity contribution in [2.45, 2.75) is 72.3 Å². The van der Waals surface area contributed by atoms with Gasteiger partial charge in [0, 0.05) is 58.6 Å². The number of nitrogens with one attached hydrogen (secondary N) is 2. The van der Waals surface area contributed by atoms with E-state index >= 15 is 0 Å². The molecule has 0 fully saturated rings. The Kier molecular flexibility index (Phi) is 9.27. The van der Waals surface area contributed by atoms with Crippen molar-refractivity contribution in [2.24, 2.45) is 0 Å². The van der Waals surface area contributed by atoms with E-state index in [1.54, 1.807) is 6.08 Å². The molecule has 0 unspecified atom stereocenters. The molecule has 0 amide bonds. The fraction of sp³-hybridized carbons (Fsp3) is 0.361. The molecule has 0 spiro atoms. The van der Waals surface area contributed by atoms with E-state index < -0.39 is 11.9 Å². The number of allylic oxidation sites excluding steroid dienone is 2. The van der Waals surface area contributed by atoms with Crippen LogP contribution < -0.4 is 0 Å². The number of hydrogen-bond donors (Lipinski definition) is 2. The minimum absolute atomic E-state index is 0.137. The highest BCUT2D eigenvalue weighted by molar-refractivity contribution is 6.03. The van der Waals surface area contributed by atoms with Crippen molar-refractivity contribution in [3.63, 3.8) is 0 Å². The molecule has 10 nitrogen and oxygen atoms in total. The fourth-order valence-corrected chi connectivity index (χ4v) is 6.43. The third kappa shape index (κ3) is 5.99. The lowest BCUT2D eigenvalue weighted by Gasteiger charge is -2.18. The summed E-state index contributed by atoms with van der Waals surface area (Å²) in [4.78, 5) is 54.9. The van der Waals surface area contributed by atoms with E-state index in [-0.39, 0.29) is 30.8 Å². The number of rotatable bonds is 8. The van der Waals surface area contributed by atoms with Gasteiger partial charge in [0.25, 0.3) is 0 Å². The van der Waals surface area contributed by atoms with Crippen LogP contribution in [0.15, 0.2) is 30.9 Å². The molecule has 0 aromatic carbocycles. The van der Waals surface area contributed by atoms with Gasteiger partial charge in [0.05, 0.1) is 42.4 Å². The average molecular weight is 625 g/mol. The zero-order valence-electron chi connectivity index (χ0n) is 27.4. The number of methoxy groups -OCH3 is 2. The number of H-pyrrole nitrogens is 2. The molecule has 0 saturated heterocycles. The maximum atomic E-state index is 13.4. The number of ether oxygens (including phenoxy) is 3. The number of aryl methyl sites for hydroxylation is 3. The van der Waals surface area contributed by atoms with Crippen LogP contribution in [0.5, 0.6) is 0 Å². The third-order valence-electron chi connectivity index (χ3n) is 9.01. The summed E-state index contributed by atoms with van der Waals surface area (Å²) in [5.74, 6) is -1.75. The van der Waals surface area contributed by atoms with E-state index in [0.29, 0.717) is 45.5 Å². The van der Waals surface area contributed by atoms with Gasteiger partial charge in [-0.15, -0.1) is 0 Å². The van der Waals surface area contributed by atoms with Crippen LogP contribution in [0.2, 0.25) is 0 Å². The SMILES string of the molecule is C=CC1=Cc2cc3nc(c(COC(C)=O)c4[nH]c(cc5[nH]c(cc1n2)c(C)c5CC)c(C)c4C(=O)OC)[C@@H](CCC(=O)OC)[C@@H]3C. The Morgan fingerprint density at radius 1 is 0.978 bits per heavy atom. The molecule has 3 aromatic rings. The molecule has 2 aliphatic rings. The lowest BCUT2D eigenvalue weighted by molar-refractivity contribution is -0.142. The Hall–Kier alpha value is -4.99. The van der Waals surface area contributed by atoms with Gasteiger partial charge in [-0.05, 0) is 67.7 Å². The summed E-state index contributed by atoms with van der Waals surface area (Å²) in [6, 6.07) is 5.95. The Balaban J connectivity index is 1.99. The molecule has 3 aromatic heterocycles. The lowest BCUT2D eigenvalue weighted by Crippen LogP contribution is -2.11. The summed E-state index contributed by atoms with van der Waals surface area (Å²) in [6.45, 7) is 13.3. The zero-order valence-corrected chi connectivity index (χ0v) is 27.4. The van der Waals surface area contributed by atoms with Crippen molar-refractivity contribution in [3.05, 3.63) is 81.4 Å². The van der Waals surface area contributed by atoms with Crippen molar-refractivity contribution in [1.82, 2.24) is 19.9 Å². The van der Waals surface area contributed by atoms with Crippen molar-refractivity contribution in [3.8, 4) is 0 Å². The predicted molar refractivity (Wildman–Crippen MR) is 177 cm³/mol. The maximum absolute atomic E-state index is 13.4. The number of carbonyl (C=O) groups is 3. The molecule has 2 N–H and O–H groups in total. The quantitative estimate of drug-likeness (QED) is 0.204. The van der Waals surface area contributed by atoms with Crippen molar-refractivity contribution < 1.29 is 28.6 Å². The second-order valence-electron chi connectivity index (χ2n) is 11.7. The summed E-state index contributed by atoms with van der Waals surface area (Å²) >= 11 is 0. The van der Waals surface area contributed by atoms with Crippen molar-refractivity contribution in [1.29, 1.82) is 0 Å². The third-order valence-corrected chi connectivity index (χ3v) is 9.01. The highest BCUT2D eigenvalue weighted by Gasteiger charge is 2.33. The minimum atomic E-state index is -0.535. The van der Waals surface area contributed by atoms with Crippen LogP contribution in [0.1, 0.15) is 101 Å². The Bertz CT molecular complexity index is 1950. The second-order valence-corrected chi connectivity index (χ2v) is 11.7. The number of nitrogens with zero attached hydrogens (tertiary/aromatic N) is 2. The van der Waals surface area contributed by atoms with Gasteiger partial charge in [0.1, 0.15) is 6.61 Å². The van der Waals surface area contributed by atoms with Crippen LogP contribution >= 0.6 is 0 Å². The number of hydrogen-bond acceptors (Lipinski definition) is 8. The van der Waals surface area contributed by atoms with Crippen molar-refractivity contribution in [2.75, 3.05) is 14.2 Å². The number of aromatic nitrogens is 4. The van der Waals surface area contributed by atoms with Gasteiger partial charge in [-0.25, -0.2) is 9.78 Å². The molecular weight excluding hydrogens is 584 g/mol. The van der Waals surface area contributed by atoms with E-state index in [4.69, 9.17) is 24.2 Å². The van der Waals surface area contributed by atoms with Crippen LogP contribution in [0.4, 0.5) is 0 Å². The molecular formula is C36H40N4O6. The number of esters is 3. The molecule has 46 heavy (non-hydrogen) atoms. The fourth-order valence-electron chi connectivity index (χ4n) is 6.43. The van der Waals surface area contributed by atoms with E-state index in [1.165, 1.54) is 21.1 Å².